The Kier molecular flexibility index (Phi) is 10.2. The fourth-order valence-corrected chi connectivity index (χ4v) is 4.00. The molecule has 6 nitrogen and oxygen atoms in total. The van der Waals surface area contributed by atoms with Gasteiger partial charge in [0.15, 0.2) is 0 Å². The van der Waals surface area contributed by atoms with E-state index in [4.69, 9.17) is 14.0 Å². The highest BCUT2D eigenvalue weighted by Crippen LogP contribution is 2.12. The van der Waals surface area contributed by atoms with E-state index in [1.807, 2.05) is 60.7 Å². The standard InChI is InChI=1S/C20H27NO5S2/c22-28(23,24)27-18-15-21(13-7-16-25-19-9-3-1-4-10-19)14-8-17-26-20-11-5-2-6-12-20/h1-6,9-12H,7-8,13-18H2,(H,22,23,24). The van der Waals surface area contributed by atoms with Gasteiger partial charge in [0.25, 0.3) is 0 Å². The Morgan fingerprint density at radius 2 is 1.25 bits per heavy atom. The highest BCUT2D eigenvalue weighted by Gasteiger charge is 2.10. The van der Waals surface area contributed by atoms with Crippen LogP contribution in [-0.2, 0) is 9.15 Å². The third-order valence-electron chi connectivity index (χ3n) is 3.90. The lowest BCUT2D eigenvalue weighted by molar-refractivity contribution is 0.221. The minimum absolute atomic E-state index is 0.317. The molecule has 0 aliphatic carbocycles. The summed E-state index contributed by atoms with van der Waals surface area (Å²) in [5.74, 6) is 2.00. The summed E-state index contributed by atoms with van der Waals surface area (Å²) in [7, 11) is -3.44. The second-order valence-electron chi connectivity index (χ2n) is 6.12. The smallest absolute Gasteiger partial charge is 0.319 e. The number of hydrogen-bond donors (Lipinski definition) is 1. The van der Waals surface area contributed by atoms with Gasteiger partial charge in [0, 0.05) is 25.4 Å². The molecule has 0 radical (unpaired) electrons. The van der Waals surface area contributed by atoms with Gasteiger partial charge in [-0.2, -0.15) is 8.42 Å². The zero-order valence-corrected chi connectivity index (χ0v) is 17.4. The van der Waals surface area contributed by atoms with Crippen molar-refractivity contribution >= 4 is 19.9 Å². The van der Waals surface area contributed by atoms with Crippen molar-refractivity contribution in [1.29, 1.82) is 0 Å². The van der Waals surface area contributed by atoms with Gasteiger partial charge in [0.2, 0.25) is 0 Å². The Hall–Kier alpha value is -1.74. The van der Waals surface area contributed by atoms with E-state index in [0.717, 1.165) is 37.4 Å². The van der Waals surface area contributed by atoms with E-state index >= 15 is 0 Å². The molecule has 0 aromatic heterocycles. The lowest BCUT2D eigenvalue weighted by Gasteiger charge is -2.22. The normalized spacial score (nSPS) is 11.5. The third-order valence-corrected chi connectivity index (χ3v) is 5.94. The van der Waals surface area contributed by atoms with Crippen LogP contribution in [0.25, 0.3) is 0 Å². The molecule has 8 heteroatoms. The van der Waals surface area contributed by atoms with Gasteiger partial charge in [-0.05, 0) is 47.9 Å². The van der Waals surface area contributed by atoms with E-state index in [1.165, 1.54) is 0 Å². The summed E-state index contributed by atoms with van der Waals surface area (Å²) in [4.78, 5) is 2.17. The largest absolute Gasteiger partial charge is 0.494 e. The summed E-state index contributed by atoms with van der Waals surface area (Å²) >= 11 is 0. The second kappa shape index (κ2) is 12.7. The average Bonchev–Trinajstić information content (AvgIpc) is 2.68. The van der Waals surface area contributed by atoms with Crippen LogP contribution in [-0.4, -0.2) is 56.5 Å². The van der Waals surface area contributed by atoms with Gasteiger partial charge in [-0.25, -0.2) is 0 Å². The molecular weight excluding hydrogens is 398 g/mol. The summed E-state index contributed by atoms with van der Waals surface area (Å²) in [6, 6.07) is 19.3. The van der Waals surface area contributed by atoms with Crippen molar-refractivity contribution in [3.63, 3.8) is 0 Å². The molecule has 0 spiro atoms. The first kappa shape index (κ1) is 22.5. The molecule has 0 aliphatic rings. The minimum atomic E-state index is -4.00. The van der Waals surface area contributed by atoms with Crippen molar-refractivity contribution in [2.75, 3.05) is 38.6 Å². The Morgan fingerprint density at radius 1 is 0.786 bits per heavy atom. The predicted octanol–water partition coefficient (Wildman–Crippen LogP) is 3.76. The van der Waals surface area contributed by atoms with Gasteiger partial charge in [0.05, 0.1) is 13.2 Å². The van der Waals surface area contributed by atoms with Gasteiger partial charge in [-0.1, -0.05) is 36.4 Å². The Morgan fingerprint density at radius 3 is 1.68 bits per heavy atom. The quantitative estimate of drug-likeness (QED) is 0.280. The number of rotatable bonds is 14. The summed E-state index contributed by atoms with van der Waals surface area (Å²) in [6.45, 7) is 3.31. The van der Waals surface area contributed by atoms with Gasteiger partial charge >= 0.3 is 9.15 Å². The highest BCUT2D eigenvalue weighted by atomic mass is 33.1. The molecule has 0 saturated heterocycles. The molecule has 0 fully saturated rings. The third kappa shape index (κ3) is 10.6. The molecule has 0 bridgehead atoms. The molecule has 0 aliphatic heterocycles. The number of benzene rings is 2. The van der Waals surface area contributed by atoms with Crippen molar-refractivity contribution in [2.45, 2.75) is 12.8 Å². The van der Waals surface area contributed by atoms with Crippen molar-refractivity contribution < 1.29 is 22.4 Å². The molecular formula is C20H27NO5S2. The number of para-hydroxylation sites is 2. The average molecular weight is 426 g/mol. The summed E-state index contributed by atoms with van der Waals surface area (Å²) in [5, 5.41) is 0. The van der Waals surface area contributed by atoms with Crippen LogP contribution in [0.5, 0.6) is 11.5 Å². The van der Waals surface area contributed by atoms with E-state index in [1.54, 1.807) is 0 Å². The monoisotopic (exact) mass is 425 g/mol. The van der Waals surface area contributed by atoms with E-state index in [0.29, 0.717) is 36.3 Å². The molecule has 28 heavy (non-hydrogen) atoms. The van der Waals surface area contributed by atoms with Crippen LogP contribution in [0.3, 0.4) is 0 Å². The Bertz CT molecular complexity index is 709. The lowest BCUT2D eigenvalue weighted by Crippen LogP contribution is -2.30. The molecule has 2 aromatic rings. The lowest BCUT2D eigenvalue weighted by atomic mass is 10.3. The maximum atomic E-state index is 10.9. The topological polar surface area (TPSA) is 76.1 Å². The number of ether oxygens (including phenoxy) is 2. The maximum absolute atomic E-state index is 10.9. The Labute approximate surface area is 171 Å². The van der Waals surface area contributed by atoms with Crippen LogP contribution in [0.1, 0.15) is 12.8 Å². The molecule has 154 valence electrons. The molecule has 0 heterocycles. The first-order chi connectivity index (χ1) is 13.5. The molecule has 2 rings (SSSR count). The molecule has 0 atom stereocenters. The predicted molar refractivity (Wildman–Crippen MR) is 114 cm³/mol. The molecule has 1 N–H and O–H groups in total. The van der Waals surface area contributed by atoms with Crippen LogP contribution >= 0.6 is 10.8 Å². The minimum Gasteiger partial charge on any atom is -0.494 e. The van der Waals surface area contributed by atoms with Crippen molar-refractivity contribution in [1.82, 2.24) is 4.90 Å². The Balaban J connectivity index is 1.70. The second-order valence-corrected chi connectivity index (χ2v) is 9.59. The van der Waals surface area contributed by atoms with Crippen LogP contribution < -0.4 is 9.47 Å². The molecule has 0 amide bonds. The summed E-state index contributed by atoms with van der Waals surface area (Å²) < 4.78 is 42.1. The first-order valence-electron chi connectivity index (χ1n) is 9.23. The van der Waals surface area contributed by atoms with E-state index in [-0.39, 0.29) is 0 Å². The highest BCUT2D eigenvalue weighted by molar-refractivity contribution is 8.69. The van der Waals surface area contributed by atoms with Gasteiger partial charge in [-0.15, -0.1) is 0 Å². The first-order valence-corrected chi connectivity index (χ1v) is 12.2. The zero-order chi connectivity index (χ0) is 20.1. The summed E-state index contributed by atoms with van der Waals surface area (Å²) in [5.41, 5.74) is 0. The van der Waals surface area contributed by atoms with Crippen LogP contribution in [0.4, 0.5) is 0 Å². The SMILES string of the molecule is O=S(=O)(O)SCCN(CCCOc1ccccc1)CCCOc1ccccc1. The van der Waals surface area contributed by atoms with Crippen molar-refractivity contribution in [3.05, 3.63) is 60.7 Å². The maximum Gasteiger partial charge on any atom is 0.319 e. The van der Waals surface area contributed by atoms with Gasteiger partial charge < -0.3 is 14.4 Å². The fraction of sp³-hybridized carbons (Fsp3) is 0.400. The fourth-order valence-electron chi connectivity index (χ4n) is 2.60. The van der Waals surface area contributed by atoms with Crippen LogP contribution in [0.2, 0.25) is 0 Å². The molecule has 2 aromatic carbocycles. The molecule has 0 unspecified atom stereocenters. The van der Waals surface area contributed by atoms with Crippen molar-refractivity contribution in [2.24, 2.45) is 0 Å². The molecule has 0 saturated carbocycles. The van der Waals surface area contributed by atoms with Crippen LogP contribution in [0.15, 0.2) is 60.7 Å². The summed E-state index contributed by atoms with van der Waals surface area (Å²) in [6.07, 6.45) is 1.65. The van der Waals surface area contributed by atoms with Gasteiger partial charge in [-0.3, -0.25) is 4.55 Å². The number of hydrogen-bond acceptors (Lipinski definition) is 6. The van der Waals surface area contributed by atoms with E-state index in [9.17, 15) is 8.42 Å². The van der Waals surface area contributed by atoms with Crippen molar-refractivity contribution in [3.8, 4) is 11.5 Å². The van der Waals surface area contributed by atoms with E-state index in [2.05, 4.69) is 4.90 Å². The number of nitrogens with zero attached hydrogens (tertiary/aromatic N) is 1. The zero-order valence-electron chi connectivity index (χ0n) is 15.8. The van der Waals surface area contributed by atoms with Gasteiger partial charge in [0.1, 0.15) is 11.5 Å². The van der Waals surface area contributed by atoms with E-state index < -0.39 is 9.15 Å². The van der Waals surface area contributed by atoms with Crippen LogP contribution in [0, 0.1) is 0 Å².